The lowest BCUT2D eigenvalue weighted by atomic mass is 10.6. The largest absolute Gasteiger partial charge is 0.451 e. The van der Waals surface area contributed by atoms with Crippen LogP contribution in [0.25, 0.3) is 0 Å². The summed E-state index contributed by atoms with van der Waals surface area (Å²) in [4.78, 5) is 14.9. The first-order chi connectivity index (χ1) is 4.81. The molecule has 0 saturated carbocycles. The molecule has 58 valence electrons. The van der Waals surface area contributed by atoms with Crippen LogP contribution in [0.3, 0.4) is 0 Å². The fourth-order valence-electron chi connectivity index (χ4n) is 0.287. The number of carbonyl (C=O) groups is 1. The normalized spacial score (nSPS) is 9.80. The van der Waals surface area contributed by atoms with Crippen LogP contribution >= 0.6 is 0 Å². The van der Waals surface area contributed by atoms with Crippen LogP contribution < -0.4 is 5.48 Å². The summed E-state index contributed by atoms with van der Waals surface area (Å²) in [6.45, 7) is 2.22. The number of hydrogen-bond acceptors (Lipinski definition) is 3. The summed E-state index contributed by atoms with van der Waals surface area (Å²) in [7, 11) is 1.27. The zero-order chi connectivity index (χ0) is 7.82. The molecule has 0 aliphatic rings. The van der Waals surface area contributed by atoms with E-state index in [4.69, 9.17) is 0 Å². The van der Waals surface area contributed by atoms with Gasteiger partial charge in [0.1, 0.15) is 0 Å². The molecule has 0 aliphatic carbocycles. The van der Waals surface area contributed by atoms with Crippen molar-refractivity contribution in [1.29, 1.82) is 0 Å². The second-order valence-electron chi connectivity index (χ2n) is 1.47. The first-order valence-corrected chi connectivity index (χ1v) is 2.88. The first-order valence-electron chi connectivity index (χ1n) is 2.88. The van der Waals surface area contributed by atoms with Gasteiger partial charge in [-0.25, -0.2) is 4.79 Å². The molecular formula is C6H11NO3. The van der Waals surface area contributed by atoms with Crippen molar-refractivity contribution in [3.05, 3.63) is 12.2 Å². The van der Waals surface area contributed by atoms with Crippen molar-refractivity contribution in [3.8, 4) is 0 Å². The van der Waals surface area contributed by atoms with Gasteiger partial charge in [0.05, 0.1) is 13.7 Å². The molecule has 0 bridgehead atoms. The maximum Gasteiger partial charge on any atom is 0.431 e. The molecule has 1 N–H and O–H groups in total. The number of ether oxygens (including phenoxy) is 1. The van der Waals surface area contributed by atoms with Gasteiger partial charge in [-0.05, 0) is 6.92 Å². The lowest BCUT2D eigenvalue weighted by Crippen LogP contribution is -2.23. The van der Waals surface area contributed by atoms with Crippen LogP contribution in [-0.4, -0.2) is 19.8 Å². The molecule has 0 fully saturated rings. The maximum atomic E-state index is 10.3. The van der Waals surface area contributed by atoms with Crippen molar-refractivity contribution >= 4 is 6.09 Å². The van der Waals surface area contributed by atoms with E-state index in [9.17, 15) is 4.79 Å². The lowest BCUT2D eigenvalue weighted by Gasteiger charge is -1.99. The van der Waals surface area contributed by atoms with Gasteiger partial charge in [-0.2, -0.15) is 5.48 Å². The Hall–Kier alpha value is -1.03. The third kappa shape index (κ3) is 5.11. The topological polar surface area (TPSA) is 47.6 Å². The minimum atomic E-state index is -0.593. The van der Waals surface area contributed by atoms with Crippen LogP contribution in [0.5, 0.6) is 0 Å². The molecule has 0 aromatic heterocycles. The molecular weight excluding hydrogens is 134 g/mol. The van der Waals surface area contributed by atoms with Gasteiger partial charge in [0, 0.05) is 0 Å². The Kier molecular flexibility index (Phi) is 5.47. The third-order valence-corrected chi connectivity index (χ3v) is 0.756. The molecule has 4 heteroatoms. The molecule has 0 aromatic carbocycles. The number of hydrogen-bond donors (Lipinski definition) is 1. The monoisotopic (exact) mass is 145 g/mol. The Morgan fingerprint density at radius 2 is 2.40 bits per heavy atom. The highest BCUT2D eigenvalue weighted by Gasteiger charge is 1.93. The second kappa shape index (κ2) is 6.10. The van der Waals surface area contributed by atoms with Crippen LogP contribution in [0, 0.1) is 0 Å². The van der Waals surface area contributed by atoms with E-state index in [1.165, 1.54) is 7.11 Å². The van der Waals surface area contributed by atoms with Crippen LogP contribution in [0.4, 0.5) is 4.79 Å². The van der Waals surface area contributed by atoms with Crippen molar-refractivity contribution in [2.24, 2.45) is 0 Å². The summed E-state index contributed by atoms with van der Waals surface area (Å²) in [5, 5.41) is 0. The number of carbonyl (C=O) groups excluding carboxylic acids is 1. The van der Waals surface area contributed by atoms with Crippen LogP contribution in [0.1, 0.15) is 6.92 Å². The summed E-state index contributed by atoms with van der Waals surface area (Å²) in [6.07, 6.45) is 2.99. The van der Waals surface area contributed by atoms with E-state index in [0.29, 0.717) is 6.61 Å². The Morgan fingerprint density at radius 3 is 2.90 bits per heavy atom. The van der Waals surface area contributed by atoms with Crippen molar-refractivity contribution in [2.45, 2.75) is 6.92 Å². The Bertz CT molecular complexity index is 122. The van der Waals surface area contributed by atoms with Crippen molar-refractivity contribution in [2.75, 3.05) is 13.7 Å². The summed E-state index contributed by atoms with van der Waals surface area (Å²) in [5.74, 6) is 0. The maximum absolute atomic E-state index is 10.3. The summed E-state index contributed by atoms with van der Waals surface area (Å²) in [5.41, 5.74) is 2.05. The molecule has 0 aromatic rings. The van der Waals surface area contributed by atoms with Gasteiger partial charge < -0.3 is 4.74 Å². The SMILES string of the molecule is C/C=C/CONC(=O)OC. The standard InChI is InChI=1S/C6H11NO3/c1-3-4-5-10-7-6(8)9-2/h3-4H,5H2,1-2H3,(H,7,8)/b4-3+. The van der Waals surface area contributed by atoms with E-state index < -0.39 is 6.09 Å². The summed E-state index contributed by atoms with van der Waals surface area (Å²) in [6, 6.07) is 0. The van der Waals surface area contributed by atoms with Gasteiger partial charge in [0.2, 0.25) is 0 Å². The predicted molar refractivity (Wildman–Crippen MR) is 36.3 cm³/mol. The predicted octanol–water partition coefficient (Wildman–Crippen LogP) is 0.850. The molecule has 0 rings (SSSR count). The lowest BCUT2D eigenvalue weighted by molar-refractivity contribution is 0.0506. The Balaban J connectivity index is 3.11. The number of allylic oxidation sites excluding steroid dienone is 1. The highest BCUT2D eigenvalue weighted by Crippen LogP contribution is 1.74. The van der Waals surface area contributed by atoms with Gasteiger partial charge >= 0.3 is 6.09 Å². The van der Waals surface area contributed by atoms with Gasteiger partial charge in [-0.3, -0.25) is 4.84 Å². The summed E-state index contributed by atoms with van der Waals surface area (Å²) < 4.78 is 4.23. The van der Waals surface area contributed by atoms with Crippen molar-refractivity contribution in [1.82, 2.24) is 5.48 Å². The molecule has 1 amide bonds. The van der Waals surface area contributed by atoms with Crippen LogP contribution in [-0.2, 0) is 9.57 Å². The number of methoxy groups -OCH3 is 1. The number of nitrogens with one attached hydrogen (secondary N) is 1. The zero-order valence-corrected chi connectivity index (χ0v) is 6.09. The van der Waals surface area contributed by atoms with E-state index in [2.05, 4.69) is 15.1 Å². The van der Waals surface area contributed by atoms with E-state index in [0.717, 1.165) is 0 Å². The number of hydroxylamine groups is 1. The molecule has 0 aliphatic heterocycles. The molecule has 0 atom stereocenters. The van der Waals surface area contributed by atoms with Crippen LogP contribution in [0.15, 0.2) is 12.2 Å². The first kappa shape index (κ1) is 8.97. The van der Waals surface area contributed by atoms with Gasteiger partial charge in [-0.1, -0.05) is 12.2 Å². The molecule has 4 nitrogen and oxygen atoms in total. The fraction of sp³-hybridized carbons (Fsp3) is 0.500. The second-order valence-corrected chi connectivity index (χ2v) is 1.47. The fourth-order valence-corrected chi connectivity index (χ4v) is 0.287. The Morgan fingerprint density at radius 1 is 1.70 bits per heavy atom. The minimum Gasteiger partial charge on any atom is -0.451 e. The quantitative estimate of drug-likeness (QED) is 0.364. The average Bonchev–Trinajstić information content (AvgIpc) is 1.98. The molecule has 0 saturated heterocycles. The average molecular weight is 145 g/mol. The van der Waals surface area contributed by atoms with E-state index in [-0.39, 0.29) is 0 Å². The summed E-state index contributed by atoms with van der Waals surface area (Å²) >= 11 is 0. The van der Waals surface area contributed by atoms with E-state index in [1.807, 2.05) is 13.0 Å². The van der Waals surface area contributed by atoms with E-state index in [1.54, 1.807) is 6.08 Å². The minimum absolute atomic E-state index is 0.353. The molecule has 0 unspecified atom stereocenters. The number of rotatable bonds is 3. The van der Waals surface area contributed by atoms with Gasteiger partial charge in [-0.15, -0.1) is 0 Å². The van der Waals surface area contributed by atoms with Crippen molar-refractivity contribution in [3.63, 3.8) is 0 Å². The van der Waals surface area contributed by atoms with Gasteiger partial charge in [0.15, 0.2) is 0 Å². The molecule has 0 heterocycles. The molecule has 0 spiro atoms. The van der Waals surface area contributed by atoms with E-state index >= 15 is 0 Å². The zero-order valence-electron chi connectivity index (χ0n) is 6.09. The molecule has 10 heavy (non-hydrogen) atoms. The van der Waals surface area contributed by atoms with Crippen molar-refractivity contribution < 1.29 is 14.4 Å². The molecule has 0 radical (unpaired) electrons. The smallest absolute Gasteiger partial charge is 0.431 e. The highest BCUT2D eigenvalue weighted by atomic mass is 16.7. The Labute approximate surface area is 59.8 Å². The van der Waals surface area contributed by atoms with Crippen LogP contribution in [0.2, 0.25) is 0 Å². The highest BCUT2D eigenvalue weighted by molar-refractivity contribution is 5.65. The number of amides is 1. The third-order valence-electron chi connectivity index (χ3n) is 0.756. The van der Waals surface area contributed by atoms with Gasteiger partial charge in [0.25, 0.3) is 0 Å².